The van der Waals surface area contributed by atoms with Crippen LogP contribution in [0.15, 0.2) is 39.6 Å². The summed E-state index contributed by atoms with van der Waals surface area (Å²) < 4.78 is 16.8. The molecule has 0 aliphatic rings. The van der Waals surface area contributed by atoms with Crippen molar-refractivity contribution in [2.24, 2.45) is 0 Å². The zero-order valence-electron chi connectivity index (χ0n) is 15.6. The zero-order valence-corrected chi connectivity index (χ0v) is 17.2. The smallest absolute Gasteiger partial charge is 0.328 e. The number of carbonyl (C=O) groups is 1. The average Bonchev–Trinajstić information content (AvgIpc) is 2.63. The lowest BCUT2D eigenvalue weighted by atomic mass is 10.1. The van der Waals surface area contributed by atoms with Gasteiger partial charge in [-0.3, -0.25) is 9.36 Å². The van der Waals surface area contributed by atoms with E-state index in [0.29, 0.717) is 17.9 Å². The van der Waals surface area contributed by atoms with E-state index >= 15 is 0 Å². The molecule has 5 nitrogen and oxygen atoms in total. The highest BCUT2D eigenvalue weighted by Gasteiger charge is 2.16. The fourth-order valence-electron chi connectivity index (χ4n) is 3.05. The van der Waals surface area contributed by atoms with Crippen molar-refractivity contribution < 1.29 is 14.3 Å². The summed E-state index contributed by atoms with van der Waals surface area (Å²) in [6, 6.07) is 6.35. The van der Waals surface area contributed by atoms with E-state index < -0.39 is 11.8 Å². The van der Waals surface area contributed by atoms with Crippen molar-refractivity contribution in [3.8, 4) is 5.69 Å². The lowest BCUT2D eigenvalue weighted by molar-refractivity contribution is -0.131. The van der Waals surface area contributed by atoms with E-state index in [0.717, 1.165) is 27.8 Å². The number of carboxylic acids is 1. The summed E-state index contributed by atoms with van der Waals surface area (Å²) in [4.78, 5) is 28.5. The molecule has 1 heterocycles. The number of hydrogen-bond acceptors (Lipinski definition) is 3. The normalized spacial score (nSPS) is 11.5. The Hall–Kier alpha value is -2.80. The number of nitrogens with zero attached hydrogens (tertiary/aromatic N) is 2. The number of hydrogen-bond donors (Lipinski definition) is 1. The second kappa shape index (κ2) is 7.67. The van der Waals surface area contributed by atoms with Gasteiger partial charge in [0.2, 0.25) is 0 Å². The number of rotatable bonds is 4. The van der Waals surface area contributed by atoms with E-state index in [9.17, 15) is 14.0 Å². The Kier molecular flexibility index (Phi) is 5.47. The van der Waals surface area contributed by atoms with Gasteiger partial charge in [-0.2, -0.15) is 0 Å². The predicted molar refractivity (Wildman–Crippen MR) is 111 cm³/mol. The summed E-state index contributed by atoms with van der Waals surface area (Å²) in [7, 11) is 0. The van der Waals surface area contributed by atoms with E-state index in [1.807, 2.05) is 32.9 Å². The van der Waals surface area contributed by atoms with Crippen molar-refractivity contribution in [2.45, 2.75) is 27.2 Å². The first-order chi connectivity index (χ1) is 13.2. The summed E-state index contributed by atoms with van der Waals surface area (Å²) in [6.07, 6.45) is 2.45. The molecule has 0 aliphatic carbocycles. The molecule has 0 spiro atoms. The summed E-state index contributed by atoms with van der Waals surface area (Å²) in [6.45, 7) is 5.72. The molecule has 0 saturated carbocycles. The first-order valence-corrected chi connectivity index (χ1v) is 9.45. The lowest BCUT2D eigenvalue weighted by Gasteiger charge is -2.16. The third-order valence-electron chi connectivity index (χ3n) is 4.50. The monoisotopic (exact) mass is 444 g/mol. The number of halogens is 2. The lowest BCUT2D eigenvalue weighted by Crippen LogP contribution is -2.24. The fourth-order valence-corrected chi connectivity index (χ4v) is 3.51. The summed E-state index contributed by atoms with van der Waals surface area (Å²) in [5.41, 5.74) is 2.52. The van der Waals surface area contributed by atoms with Gasteiger partial charge >= 0.3 is 5.97 Å². The van der Waals surface area contributed by atoms with Crippen molar-refractivity contribution in [3.05, 3.63) is 73.5 Å². The first kappa shape index (κ1) is 19.9. The number of aliphatic carboxylic acids is 1. The van der Waals surface area contributed by atoms with Crippen LogP contribution in [0.4, 0.5) is 4.39 Å². The van der Waals surface area contributed by atoms with Crippen LogP contribution >= 0.6 is 15.9 Å². The van der Waals surface area contributed by atoms with Gasteiger partial charge in [0, 0.05) is 28.6 Å². The highest BCUT2D eigenvalue weighted by atomic mass is 79.9. The standard InChI is InChI=1S/C21H18BrFN2O3/c1-4-19-24-17-10-16(23)13(5-6-20(26)27)9-14(17)21(28)25(19)18-8-11(2)15(22)7-12(18)3/h5-10H,4H2,1-3H3,(H,26,27). The Balaban J connectivity index is 2.36. The summed E-state index contributed by atoms with van der Waals surface area (Å²) >= 11 is 3.49. The summed E-state index contributed by atoms with van der Waals surface area (Å²) in [5, 5.41) is 9.01. The molecule has 0 bridgehead atoms. The van der Waals surface area contributed by atoms with Gasteiger partial charge in [0.15, 0.2) is 0 Å². The number of aromatic nitrogens is 2. The molecule has 0 saturated heterocycles. The third kappa shape index (κ3) is 3.62. The molecule has 0 amide bonds. The maximum atomic E-state index is 14.3. The molecular weight excluding hydrogens is 427 g/mol. The van der Waals surface area contributed by atoms with Crippen LogP contribution in [0.25, 0.3) is 22.7 Å². The van der Waals surface area contributed by atoms with Crippen LogP contribution in [0.1, 0.15) is 29.4 Å². The van der Waals surface area contributed by atoms with E-state index in [1.54, 1.807) is 4.57 Å². The van der Waals surface area contributed by atoms with Crippen LogP contribution in [-0.2, 0) is 11.2 Å². The van der Waals surface area contributed by atoms with Gasteiger partial charge in [0.25, 0.3) is 5.56 Å². The van der Waals surface area contributed by atoms with Crippen LogP contribution in [-0.4, -0.2) is 20.6 Å². The number of fused-ring (bicyclic) bond motifs is 1. The Bertz CT molecular complexity index is 1200. The zero-order chi connectivity index (χ0) is 20.6. The second-order valence-electron chi connectivity index (χ2n) is 6.47. The SMILES string of the molecule is CCc1nc2cc(F)c(C=CC(=O)O)cc2c(=O)n1-c1cc(C)c(Br)cc1C. The number of aryl methyl sites for hydroxylation is 3. The Morgan fingerprint density at radius 3 is 2.61 bits per heavy atom. The molecule has 7 heteroatoms. The van der Waals surface area contributed by atoms with Gasteiger partial charge < -0.3 is 5.11 Å². The van der Waals surface area contributed by atoms with E-state index in [2.05, 4.69) is 20.9 Å². The van der Waals surface area contributed by atoms with E-state index in [4.69, 9.17) is 5.11 Å². The number of benzene rings is 2. The van der Waals surface area contributed by atoms with Gasteiger partial charge in [-0.05, 0) is 49.2 Å². The molecule has 0 unspecified atom stereocenters. The molecule has 1 aromatic heterocycles. The predicted octanol–water partition coefficient (Wildman–Crippen LogP) is 4.56. The quantitative estimate of drug-likeness (QED) is 0.598. The molecular formula is C21H18BrFN2O3. The van der Waals surface area contributed by atoms with Gasteiger partial charge in [-0.25, -0.2) is 14.2 Å². The van der Waals surface area contributed by atoms with Gasteiger partial charge in [-0.15, -0.1) is 0 Å². The highest BCUT2D eigenvalue weighted by Crippen LogP contribution is 2.25. The molecule has 28 heavy (non-hydrogen) atoms. The molecule has 0 fully saturated rings. The van der Waals surface area contributed by atoms with Gasteiger partial charge in [0.05, 0.1) is 16.6 Å². The highest BCUT2D eigenvalue weighted by molar-refractivity contribution is 9.10. The molecule has 0 radical (unpaired) electrons. The Labute approximate surface area is 169 Å². The Morgan fingerprint density at radius 2 is 1.96 bits per heavy atom. The van der Waals surface area contributed by atoms with Crippen LogP contribution in [0, 0.1) is 19.7 Å². The first-order valence-electron chi connectivity index (χ1n) is 8.66. The minimum atomic E-state index is -1.20. The third-order valence-corrected chi connectivity index (χ3v) is 5.35. The van der Waals surface area contributed by atoms with Crippen molar-refractivity contribution in [1.82, 2.24) is 9.55 Å². The van der Waals surface area contributed by atoms with Gasteiger partial charge in [0.1, 0.15) is 11.6 Å². The molecule has 2 aromatic carbocycles. The molecule has 0 aliphatic heterocycles. The summed E-state index contributed by atoms with van der Waals surface area (Å²) in [5.74, 6) is -1.31. The maximum absolute atomic E-state index is 14.3. The van der Waals surface area contributed by atoms with Gasteiger partial charge in [-0.1, -0.05) is 22.9 Å². The molecule has 0 atom stereocenters. The maximum Gasteiger partial charge on any atom is 0.328 e. The minimum Gasteiger partial charge on any atom is -0.478 e. The average molecular weight is 445 g/mol. The largest absolute Gasteiger partial charge is 0.478 e. The second-order valence-corrected chi connectivity index (χ2v) is 7.33. The van der Waals surface area contributed by atoms with E-state index in [1.165, 1.54) is 12.1 Å². The van der Waals surface area contributed by atoms with Crippen LogP contribution < -0.4 is 5.56 Å². The van der Waals surface area contributed by atoms with Crippen molar-refractivity contribution >= 4 is 38.9 Å². The fraction of sp³-hybridized carbons (Fsp3) is 0.190. The van der Waals surface area contributed by atoms with Crippen molar-refractivity contribution in [1.29, 1.82) is 0 Å². The van der Waals surface area contributed by atoms with Crippen molar-refractivity contribution in [3.63, 3.8) is 0 Å². The molecule has 1 N–H and O–H groups in total. The molecule has 144 valence electrons. The van der Waals surface area contributed by atoms with Crippen LogP contribution in [0.3, 0.4) is 0 Å². The van der Waals surface area contributed by atoms with E-state index in [-0.39, 0.29) is 22.0 Å². The minimum absolute atomic E-state index is 0.0216. The molecule has 3 aromatic rings. The molecule has 3 rings (SSSR count). The van der Waals surface area contributed by atoms with Crippen LogP contribution in [0.2, 0.25) is 0 Å². The van der Waals surface area contributed by atoms with Crippen molar-refractivity contribution in [2.75, 3.05) is 0 Å². The Morgan fingerprint density at radius 1 is 1.25 bits per heavy atom. The van der Waals surface area contributed by atoms with Crippen LogP contribution in [0.5, 0.6) is 0 Å². The topological polar surface area (TPSA) is 72.2 Å². The number of carboxylic acid groups (broad SMARTS) is 1.